The summed E-state index contributed by atoms with van der Waals surface area (Å²) in [5, 5.41) is 0.883. The van der Waals surface area contributed by atoms with Gasteiger partial charge in [-0.25, -0.2) is 15.0 Å². The van der Waals surface area contributed by atoms with Crippen LogP contribution in [-0.4, -0.2) is 34.8 Å². The summed E-state index contributed by atoms with van der Waals surface area (Å²) in [6, 6.07) is 7.99. The SMILES string of the molecule is COc1cnc2c(-c3nc4ccc5c(c4s3)OC[C@@H](C)O5)cc(C)cc2n1. The molecule has 0 unspecified atom stereocenters. The molecule has 1 aliphatic rings. The number of hydrogen-bond donors (Lipinski definition) is 0. The molecule has 1 aliphatic heterocycles. The van der Waals surface area contributed by atoms with Crippen molar-refractivity contribution in [1.29, 1.82) is 0 Å². The molecule has 0 spiro atoms. The molecule has 0 N–H and O–H groups in total. The monoisotopic (exact) mass is 379 g/mol. The van der Waals surface area contributed by atoms with E-state index in [1.54, 1.807) is 24.6 Å². The Balaban J connectivity index is 1.72. The van der Waals surface area contributed by atoms with Gasteiger partial charge in [-0.15, -0.1) is 11.3 Å². The number of fused-ring (bicyclic) bond motifs is 4. The minimum Gasteiger partial charge on any atom is -0.484 e. The third-order valence-corrected chi connectivity index (χ3v) is 5.58. The molecule has 1 atom stereocenters. The van der Waals surface area contributed by atoms with Gasteiger partial charge in [-0.3, -0.25) is 0 Å². The van der Waals surface area contributed by atoms with Gasteiger partial charge >= 0.3 is 0 Å². The first kappa shape index (κ1) is 16.3. The van der Waals surface area contributed by atoms with Gasteiger partial charge in [-0.05, 0) is 43.7 Å². The Labute approximate surface area is 159 Å². The van der Waals surface area contributed by atoms with Crippen LogP contribution in [0.3, 0.4) is 0 Å². The van der Waals surface area contributed by atoms with Crippen LogP contribution in [0, 0.1) is 6.92 Å². The highest BCUT2D eigenvalue weighted by Gasteiger charge is 2.23. The predicted molar refractivity (Wildman–Crippen MR) is 105 cm³/mol. The summed E-state index contributed by atoms with van der Waals surface area (Å²) < 4.78 is 18.0. The Morgan fingerprint density at radius 3 is 2.93 bits per heavy atom. The maximum atomic E-state index is 5.94. The standard InChI is InChI=1S/C20H17N3O3S/c1-10-6-12(17-14(7-10)22-16(24-3)8-21-17)20-23-13-4-5-15-18(19(13)27-20)25-9-11(2)26-15/h4-8,11H,9H2,1-3H3/t11-/m1/s1. The lowest BCUT2D eigenvalue weighted by Gasteiger charge is -2.23. The molecular weight excluding hydrogens is 362 g/mol. The zero-order valence-corrected chi connectivity index (χ0v) is 16.0. The van der Waals surface area contributed by atoms with Crippen molar-refractivity contribution in [2.24, 2.45) is 0 Å². The molecule has 5 rings (SSSR count). The Bertz CT molecular complexity index is 1190. The van der Waals surface area contributed by atoms with Crippen LogP contribution < -0.4 is 14.2 Å². The molecular formula is C20H17N3O3S. The minimum absolute atomic E-state index is 0.0494. The van der Waals surface area contributed by atoms with E-state index in [0.29, 0.717) is 12.5 Å². The number of benzene rings is 2. The van der Waals surface area contributed by atoms with E-state index >= 15 is 0 Å². The van der Waals surface area contributed by atoms with E-state index in [9.17, 15) is 0 Å². The second-order valence-electron chi connectivity index (χ2n) is 6.59. The average Bonchev–Trinajstić information content (AvgIpc) is 3.11. The molecule has 2 aromatic heterocycles. The summed E-state index contributed by atoms with van der Waals surface area (Å²) in [5.74, 6) is 2.05. The van der Waals surface area contributed by atoms with Crippen molar-refractivity contribution >= 4 is 32.6 Å². The first-order valence-corrected chi connectivity index (χ1v) is 9.49. The molecule has 0 bridgehead atoms. The van der Waals surface area contributed by atoms with Crippen molar-refractivity contribution in [1.82, 2.24) is 15.0 Å². The third kappa shape index (κ3) is 2.66. The molecule has 0 amide bonds. The maximum absolute atomic E-state index is 5.94. The first-order valence-electron chi connectivity index (χ1n) is 8.67. The second kappa shape index (κ2) is 6.06. The number of aromatic nitrogens is 3. The summed E-state index contributed by atoms with van der Waals surface area (Å²) in [7, 11) is 1.59. The van der Waals surface area contributed by atoms with Gasteiger partial charge in [0.05, 0.1) is 29.9 Å². The number of ether oxygens (including phenoxy) is 3. The molecule has 7 heteroatoms. The van der Waals surface area contributed by atoms with Crippen molar-refractivity contribution in [2.45, 2.75) is 20.0 Å². The zero-order chi connectivity index (χ0) is 18.5. The number of hydrogen-bond acceptors (Lipinski definition) is 7. The molecule has 6 nitrogen and oxygen atoms in total. The molecule has 0 fully saturated rings. The highest BCUT2D eigenvalue weighted by molar-refractivity contribution is 7.22. The molecule has 0 radical (unpaired) electrons. The molecule has 0 saturated carbocycles. The predicted octanol–water partition coefficient (Wildman–Crippen LogP) is 4.38. The molecule has 3 heterocycles. The number of methoxy groups -OCH3 is 1. The van der Waals surface area contributed by atoms with Crippen molar-refractivity contribution in [3.8, 4) is 28.0 Å². The Morgan fingerprint density at radius 2 is 2.07 bits per heavy atom. The van der Waals surface area contributed by atoms with E-state index in [2.05, 4.69) is 16.0 Å². The molecule has 2 aromatic carbocycles. The smallest absolute Gasteiger partial charge is 0.232 e. The van der Waals surface area contributed by atoms with Gasteiger partial charge in [0, 0.05) is 5.56 Å². The Morgan fingerprint density at radius 1 is 1.19 bits per heavy atom. The molecule has 27 heavy (non-hydrogen) atoms. The van der Waals surface area contributed by atoms with Gasteiger partial charge in [0.15, 0.2) is 11.5 Å². The number of thiazole rings is 1. The van der Waals surface area contributed by atoms with Gasteiger partial charge in [0.25, 0.3) is 0 Å². The van der Waals surface area contributed by atoms with E-state index in [-0.39, 0.29) is 6.10 Å². The van der Waals surface area contributed by atoms with Crippen molar-refractivity contribution in [3.63, 3.8) is 0 Å². The zero-order valence-electron chi connectivity index (χ0n) is 15.1. The summed E-state index contributed by atoms with van der Waals surface area (Å²) in [6.07, 6.45) is 1.68. The lowest BCUT2D eigenvalue weighted by atomic mass is 10.1. The summed E-state index contributed by atoms with van der Waals surface area (Å²) >= 11 is 1.58. The van der Waals surface area contributed by atoms with Crippen LogP contribution in [0.4, 0.5) is 0 Å². The van der Waals surface area contributed by atoms with Crippen LogP contribution >= 0.6 is 11.3 Å². The lowest BCUT2D eigenvalue weighted by Crippen LogP contribution is -2.25. The van der Waals surface area contributed by atoms with E-state index in [1.807, 2.05) is 32.0 Å². The van der Waals surface area contributed by atoms with Crippen molar-refractivity contribution in [2.75, 3.05) is 13.7 Å². The normalized spacial score (nSPS) is 16.0. The fourth-order valence-electron chi connectivity index (χ4n) is 3.26. The molecule has 0 saturated heterocycles. The van der Waals surface area contributed by atoms with E-state index < -0.39 is 0 Å². The van der Waals surface area contributed by atoms with Crippen LogP contribution in [0.25, 0.3) is 31.8 Å². The fraction of sp³-hybridized carbons (Fsp3) is 0.250. The van der Waals surface area contributed by atoms with Crippen LogP contribution in [0.5, 0.6) is 17.4 Å². The van der Waals surface area contributed by atoms with Crippen LogP contribution in [0.15, 0.2) is 30.5 Å². The topological polar surface area (TPSA) is 66.4 Å². The number of rotatable bonds is 2. The minimum atomic E-state index is 0.0494. The molecule has 136 valence electrons. The van der Waals surface area contributed by atoms with Crippen molar-refractivity contribution < 1.29 is 14.2 Å². The Kier molecular flexibility index (Phi) is 3.65. The van der Waals surface area contributed by atoms with Gasteiger partial charge < -0.3 is 14.2 Å². The van der Waals surface area contributed by atoms with Gasteiger partial charge in [-0.1, -0.05) is 0 Å². The highest BCUT2D eigenvalue weighted by Crippen LogP contribution is 2.44. The second-order valence-corrected chi connectivity index (χ2v) is 7.59. The maximum Gasteiger partial charge on any atom is 0.232 e. The lowest BCUT2D eigenvalue weighted by molar-refractivity contribution is 0.106. The van der Waals surface area contributed by atoms with Crippen LogP contribution in [0.2, 0.25) is 0 Å². The summed E-state index contributed by atoms with van der Waals surface area (Å²) in [5.41, 5.74) is 4.54. The van der Waals surface area contributed by atoms with E-state index in [1.165, 1.54) is 0 Å². The van der Waals surface area contributed by atoms with Gasteiger partial charge in [0.1, 0.15) is 22.4 Å². The molecule has 4 aromatic rings. The highest BCUT2D eigenvalue weighted by atomic mass is 32.1. The first-order chi connectivity index (χ1) is 13.1. The molecule has 0 aliphatic carbocycles. The number of nitrogens with zero attached hydrogens (tertiary/aromatic N) is 3. The van der Waals surface area contributed by atoms with Gasteiger partial charge in [0.2, 0.25) is 5.88 Å². The average molecular weight is 379 g/mol. The summed E-state index contributed by atoms with van der Waals surface area (Å²) in [4.78, 5) is 13.9. The third-order valence-electron chi connectivity index (χ3n) is 4.47. The van der Waals surface area contributed by atoms with Crippen LogP contribution in [-0.2, 0) is 0 Å². The van der Waals surface area contributed by atoms with E-state index in [0.717, 1.165) is 48.9 Å². The Hall–Kier alpha value is -2.93. The largest absolute Gasteiger partial charge is 0.484 e. The fourth-order valence-corrected chi connectivity index (χ4v) is 4.33. The van der Waals surface area contributed by atoms with Gasteiger partial charge in [-0.2, -0.15) is 0 Å². The van der Waals surface area contributed by atoms with Crippen LogP contribution in [0.1, 0.15) is 12.5 Å². The quantitative estimate of drug-likeness (QED) is 0.515. The van der Waals surface area contributed by atoms with Crippen molar-refractivity contribution in [3.05, 3.63) is 36.0 Å². The van der Waals surface area contributed by atoms with E-state index in [4.69, 9.17) is 19.2 Å². The number of aryl methyl sites for hydroxylation is 1. The summed E-state index contributed by atoms with van der Waals surface area (Å²) in [6.45, 7) is 4.58.